The van der Waals surface area contributed by atoms with Crippen LogP contribution in [0.15, 0.2) is 4.79 Å². The molecule has 0 saturated carbocycles. The summed E-state index contributed by atoms with van der Waals surface area (Å²) in [4.78, 5) is 12.0. The molecule has 84 valence electrons. The third-order valence-electron chi connectivity index (χ3n) is 2.78. The molecule has 4 nitrogen and oxygen atoms in total. The SMILES string of the molecule is CC(C)Cn1[nH]c2c(c1=O)C[C@H](C)CN2. The normalized spacial score (nSPS) is 20.1. The van der Waals surface area contributed by atoms with Crippen LogP contribution in [-0.4, -0.2) is 16.3 Å². The lowest BCUT2D eigenvalue weighted by Gasteiger charge is -2.18. The second-order valence-electron chi connectivity index (χ2n) is 4.97. The van der Waals surface area contributed by atoms with Gasteiger partial charge >= 0.3 is 0 Å². The van der Waals surface area contributed by atoms with E-state index in [4.69, 9.17) is 0 Å². The van der Waals surface area contributed by atoms with Crippen LogP contribution in [0.4, 0.5) is 5.82 Å². The Morgan fingerprint density at radius 2 is 2.27 bits per heavy atom. The number of H-pyrrole nitrogens is 1. The molecule has 1 aliphatic heterocycles. The third-order valence-corrected chi connectivity index (χ3v) is 2.78. The lowest BCUT2D eigenvalue weighted by molar-refractivity contribution is 0.473. The molecule has 0 aliphatic carbocycles. The predicted molar refractivity (Wildman–Crippen MR) is 61.2 cm³/mol. The zero-order valence-corrected chi connectivity index (χ0v) is 9.63. The van der Waals surface area contributed by atoms with E-state index in [1.807, 2.05) is 0 Å². The fourth-order valence-electron chi connectivity index (χ4n) is 2.05. The molecule has 0 aromatic carbocycles. The summed E-state index contributed by atoms with van der Waals surface area (Å²) in [5.74, 6) is 1.97. The molecular weight excluding hydrogens is 190 g/mol. The molecule has 1 aromatic heterocycles. The van der Waals surface area contributed by atoms with E-state index in [0.29, 0.717) is 11.8 Å². The van der Waals surface area contributed by atoms with Gasteiger partial charge in [0.25, 0.3) is 5.56 Å². The summed E-state index contributed by atoms with van der Waals surface area (Å²) >= 11 is 0. The van der Waals surface area contributed by atoms with E-state index in [1.54, 1.807) is 4.68 Å². The smallest absolute Gasteiger partial charge is 0.271 e. The highest BCUT2D eigenvalue weighted by molar-refractivity contribution is 5.45. The number of nitrogens with zero attached hydrogens (tertiary/aromatic N) is 1. The van der Waals surface area contributed by atoms with Gasteiger partial charge in [0.2, 0.25) is 0 Å². The predicted octanol–water partition coefficient (Wildman–Crippen LogP) is 1.44. The first-order chi connectivity index (χ1) is 7.08. The van der Waals surface area contributed by atoms with Gasteiger partial charge in [-0.15, -0.1) is 0 Å². The van der Waals surface area contributed by atoms with Gasteiger partial charge in [-0.1, -0.05) is 20.8 Å². The van der Waals surface area contributed by atoms with Crippen LogP contribution in [0, 0.1) is 11.8 Å². The number of rotatable bonds is 2. The summed E-state index contributed by atoms with van der Waals surface area (Å²) in [6.45, 7) is 8.11. The molecule has 0 amide bonds. The largest absolute Gasteiger partial charge is 0.370 e. The maximum atomic E-state index is 12.0. The fraction of sp³-hybridized carbons (Fsp3) is 0.727. The Balaban J connectivity index is 2.33. The molecule has 2 N–H and O–H groups in total. The van der Waals surface area contributed by atoms with Gasteiger partial charge in [-0.25, -0.2) is 0 Å². The highest BCUT2D eigenvalue weighted by atomic mass is 16.1. The average Bonchev–Trinajstić information content (AvgIpc) is 2.44. The van der Waals surface area contributed by atoms with Gasteiger partial charge in [-0.2, -0.15) is 0 Å². The van der Waals surface area contributed by atoms with Crippen molar-refractivity contribution in [2.24, 2.45) is 11.8 Å². The topological polar surface area (TPSA) is 49.8 Å². The van der Waals surface area contributed by atoms with Crippen LogP contribution in [0.2, 0.25) is 0 Å². The van der Waals surface area contributed by atoms with Crippen molar-refractivity contribution < 1.29 is 0 Å². The Bertz CT molecular complexity index is 402. The molecule has 0 radical (unpaired) electrons. The van der Waals surface area contributed by atoms with Gasteiger partial charge < -0.3 is 5.32 Å². The third kappa shape index (κ3) is 1.94. The van der Waals surface area contributed by atoms with E-state index in [-0.39, 0.29) is 5.56 Å². The number of aromatic nitrogens is 2. The second-order valence-corrected chi connectivity index (χ2v) is 4.97. The van der Waals surface area contributed by atoms with Crippen molar-refractivity contribution in [2.75, 3.05) is 11.9 Å². The van der Waals surface area contributed by atoms with Gasteiger partial charge in [-0.3, -0.25) is 14.6 Å². The number of hydrogen-bond donors (Lipinski definition) is 2. The van der Waals surface area contributed by atoms with Crippen LogP contribution in [0.25, 0.3) is 0 Å². The van der Waals surface area contributed by atoms with E-state index >= 15 is 0 Å². The summed E-state index contributed by atoms with van der Waals surface area (Å²) in [5.41, 5.74) is 1.08. The van der Waals surface area contributed by atoms with Crippen LogP contribution < -0.4 is 10.9 Å². The van der Waals surface area contributed by atoms with Crippen molar-refractivity contribution in [1.29, 1.82) is 0 Å². The Labute approximate surface area is 89.7 Å². The van der Waals surface area contributed by atoms with Crippen molar-refractivity contribution in [3.05, 3.63) is 15.9 Å². The van der Waals surface area contributed by atoms with E-state index in [2.05, 4.69) is 31.2 Å². The minimum atomic E-state index is 0.151. The molecule has 1 atom stereocenters. The molecule has 2 rings (SSSR count). The van der Waals surface area contributed by atoms with Crippen LogP contribution in [0.3, 0.4) is 0 Å². The van der Waals surface area contributed by atoms with Gasteiger partial charge in [0.1, 0.15) is 5.82 Å². The highest BCUT2D eigenvalue weighted by Gasteiger charge is 2.21. The minimum absolute atomic E-state index is 0.151. The summed E-state index contributed by atoms with van der Waals surface area (Å²) in [7, 11) is 0. The van der Waals surface area contributed by atoms with Crippen LogP contribution >= 0.6 is 0 Å². The summed E-state index contributed by atoms with van der Waals surface area (Å²) in [5, 5.41) is 6.42. The van der Waals surface area contributed by atoms with Gasteiger partial charge in [-0.05, 0) is 18.3 Å². The Hall–Kier alpha value is -1.19. The van der Waals surface area contributed by atoms with Crippen LogP contribution in [0.1, 0.15) is 26.3 Å². The monoisotopic (exact) mass is 209 g/mol. The van der Waals surface area contributed by atoms with Gasteiger partial charge in [0.05, 0.1) is 5.56 Å². The van der Waals surface area contributed by atoms with E-state index in [9.17, 15) is 4.79 Å². The maximum Gasteiger partial charge on any atom is 0.271 e. The van der Waals surface area contributed by atoms with Crippen molar-refractivity contribution in [3.63, 3.8) is 0 Å². The van der Waals surface area contributed by atoms with Crippen molar-refractivity contribution in [3.8, 4) is 0 Å². The maximum absolute atomic E-state index is 12.0. The lowest BCUT2D eigenvalue weighted by atomic mass is 10.00. The van der Waals surface area contributed by atoms with Crippen molar-refractivity contribution in [1.82, 2.24) is 9.78 Å². The molecule has 0 fully saturated rings. The number of aromatic amines is 1. The van der Waals surface area contributed by atoms with Crippen molar-refractivity contribution in [2.45, 2.75) is 33.7 Å². The molecule has 1 aromatic rings. The first kappa shape index (κ1) is 10.3. The summed E-state index contributed by atoms with van der Waals surface area (Å²) in [6.07, 6.45) is 0.892. The van der Waals surface area contributed by atoms with E-state index in [0.717, 1.165) is 30.9 Å². The standard InChI is InChI=1S/C11H19N3O/c1-7(2)6-14-11(15)9-4-8(3)5-12-10(9)13-14/h7-8,12-13H,4-6H2,1-3H3/t8-/m0/s1. The molecule has 4 heteroatoms. The molecule has 1 aliphatic rings. The first-order valence-electron chi connectivity index (χ1n) is 5.63. The Kier molecular flexibility index (Phi) is 2.59. The van der Waals surface area contributed by atoms with E-state index < -0.39 is 0 Å². The second kappa shape index (κ2) is 3.76. The van der Waals surface area contributed by atoms with Gasteiger partial charge in [0, 0.05) is 13.1 Å². The molecule has 2 heterocycles. The Morgan fingerprint density at radius 1 is 1.53 bits per heavy atom. The average molecular weight is 209 g/mol. The first-order valence-corrected chi connectivity index (χ1v) is 5.63. The zero-order valence-electron chi connectivity index (χ0n) is 9.63. The van der Waals surface area contributed by atoms with E-state index in [1.165, 1.54) is 0 Å². The van der Waals surface area contributed by atoms with Crippen LogP contribution in [-0.2, 0) is 13.0 Å². The number of fused-ring (bicyclic) bond motifs is 1. The molecular formula is C11H19N3O. The number of nitrogens with one attached hydrogen (secondary N) is 2. The molecule has 0 bridgehead atoms. The number of anilines is 1. The summed E-state index contributed by atoms with van der Waals surface area (Å²) in [6, 6.07) is 0. The van der Waals surface area contributed by atoms with Crippen molar-refractivity contribution >= 4 is 5.82 Å². The van der Waals surface area contributed by atoms with Crippen LogP contribution in [0.5, 0.6) is 0 Å². The Morgan fingerprint density at radius 3 is 2.93 bits per heavy atom. The molecule has 0 saturated heterocycles. The lowest BCUT2D eigenvalue weighted by Crippen LogP contribution is -2.25. The molecule has 0 spiro atoms. The quantitative estimate of drug-likeness (QED) is 0.774. The highest BCUT2D eigenvalue weighted by Crippen LogP contribution is 2.19. The summed E-state index contributed by atoms with van der Waals surface area (Å²) < 4.78 is 1.72. The fourth-order valence-corrected chi connectivity index (χ4v) is 2.05. The molecule has 15 heavy (non-hydrogen) atoms. The number of hydrogen-bond acceptors (Lipinski definition) is 2. The zero-order chi connectivity index (χ0) is 11.0. The van der Waals surface area contributed by atoms with Gasteiger partial charge in [0.15, 0.2) is 0 Å². The minimum Gasteiger partial charge on any atom is -0.370 e. The molecule has 0 unspecified atom stereocenters.